The Morgan fingerprint density at radius 2 is 1.68 bits per heavy atom. The molecule has 210 valence electrons. The van der Waals surface area contributed by atoms with E-state index >= 15 is 0 Å². The fraction of sp³-hybridized carbons (Fsp3) is 0.312. The van der Waals surface area contributed by atoms with Gasteiger partial charge in [0.15, 0.2) is 23.0 Å². The van der Waals surface area contributed by atoms with Gasteiger partial charge in [0.2, 0.25) is 0 Å². The van der Waals surface area contributed by atoms with Gasteiger partial charge in [0.1, 0.15) is 5.82 Å². The summed E-state index contributed by atoms with van der Waals surface area (Å²) < 4.78 is 24.3. The zero-order chi connectivity index (χ0) is 28.3. The number of unbranched alkanes of at least 4 members (excludes halogenated alkanes) is 1. The molecule has 0 aliphatic heterocycles. The van der Waals surface area contributed by atoms with Crippen LogP contribution >= 0.6 is 0 Å². The number of imidazole rings is 1. The van der Waals surface area contributed by atoms with E-state index in [0.717, 1.165) is 59.7 Å². The van der Waals surface area contributed by atoms with Crippen LogP contribution < -0.4 is 24.3 Å². The molecule has 8 nitrogen and oxygen atoms in total. The lowest BCUT2D eigenvalue weighted by atomic mass is 10.1. The first-order chi connectivity index (χ1) is 19.6. The minimum atomic E-state index is -0.172. The lowest BCUT2D eigenvalue weighted by Crippen LogP contribution is -2.26. The summed E-state index contributed by atoms with van der Waals surface area (Å²) in [6.45, 7) is 5.64. The molecule has 0 unspecified atom stereocenters. The first kappa shape index (κ1) is 28.5. The van der Waals surface area contributed by atoms with Crippen molar-refractivity contribution in [1.82, 2.24) is 14.9 Å². The normalized spacial score (nSPS) is 10.8. The van der Waals surface area contributed by atoms with Gasteiger partial charge in [0.25, 0.3) is 5.91 Å². The molecule has 0 aliphatic carbocycles. The predicted octanol–water partition coefficient (Wildman–Crippen LogP) is 5.62. The monoisotopic (exact) mass is 543 g/mol. The molecule has 8 heteroatoms. The third-order valence-electron chi connectivity index (χ3n) is 6.66. The molecule has 0 atom stereocenters. The summed E-state index contributed by atoms with van der Waals surface area (Å²) in [5.41, 5.74) is 3.69. The van der Waals surface area contributed by atoms with Gasteiger partial charge in [-0.25, -0.2) is 4.98 Å². The Balaban J connectivity index is 1.33. The van der Waals surface area contributed by atoms with Crippen LogP contribution in [-0.4, -0.2) is 49.9 Å². The van der Waals surface area contributed by atoms with Crippen molar-refractivity contribution in [2.24, 2.45) is 0 Å². The lowest BCUT2D eigenvalue weighted by Gasteiger charge is -2.13. The number of carbonyl (C=O) groups excluding carboxylic acids is 1. The summed E-state index contributed by atoms with van der Waals surface area (Å²) in [7, 11) is 4.77. The number of fused-ring (bicyclic) bond motifs is 1. The second-order valence-corrected chi connectivity index (χ2v) is 9.28. The molecular formula is C32H37N3O5. The molecule has 0 saturated carbocycles. The number of rotatable bonds is 15. The zero-order valence-corrected chi connectivity index (χ0v) is 23.4. The van der Waals surface area contributed by atoms with E-state index in [2.05, 4.69) is 22.5 Å². The maximum atomic E-state index is 12.8. The maximum absolute atomic E-state index is 12.8. The molecular weight excluding hydrogens is 506 g/mol. The summed E-state index contributed by atoms with van der Waals surface area (Å²) in [4.78, 5) is 17.6. The molecule has 0 fully saturated rings. The van der Waals surface area contributed by atoms with Gasteiger partial charge in [-0.15, -0.1) is 6.58 Å². The van der Waals surface area contributed by atoms with Crippen molar-refractivity contribution in [3.05, 3.63) is 90.3 Å². The van der Waals surface area contributed by atoms with Crippen molar-refractivity contribution in [2.75, 3.05) is 34.5 Å². The molecule has 0 bridgehead atoms. The van der Waals surface area contributed by atoms with E-state index in [1.54, 1.807) is 39.5 Å². The highest BCUT2D eigenvalue weighted by molar-refractivity contribution is 5.94. The molecule has 40 heavy (non-hydrogen) atoms. The minimum Gasteiger partial charge on any atom is -0.493 e. The molecule has 0 spiro atoms. The quantitative estimate of drug-likeness (QED) is 0.155. The highest BCUT2D eigenvalue weighted by Gasteiger charge is 2.13. The molecule has 1 heterocycles. The van der Waals surface area contributed by atoms with Gasteiger partial charge in [0.05, 0.1) is 39.0 Å². The molecule has 0 aliphatic rings. The van der Waals surface area contributed by atoms with Crippen LogP contribution in [-0.2, 0) is 19.4 Å². The molecule has 0 saturated heterocycles. The number of ether oxygens (including phenoxy) is 4. The van der Waals surface area contributed by atoms with Gasteiger partial charge in [-0.3, -0.25) is 4.79 Å². The second kappa shape index (κ2) is 14.1. The number of aromatic nitrogens is 2. The van der Waals surface area contributed by atoms with Gasteiger partial charge < -0.3 is 28.8 Å². The summed E-state index contributed by atoms with van der Waals surface area (Å²) >= 11 is 0. The van der Waals surface area contributed by atoms with Crippen LogP contribution in [0.15, 0.2) is 73.3 Å². The Labute approximate surface area is 235 Å². The Bertz CT molecular complexity index is 1450. The summed E-state index contributed by atoms with van der Waals surface area (Å²) in [5.74, 6) is 3.34. The van der Waals surface area contributed by atoms with Crippen LogP contribution in [0.2, 0.25) is 0 Å². The third kappa shape index (κ3) is 6.94. The lowest BCUT2D eigenvalue weighted by molar-refractivity contribution is 0.0953. The molecule has 0 radical (unpaired) electrons. The summed E-state index contributed by atoms with van der Waals surface area (Å²) in [6, 6.07) is 19.2. The van der Waals surface area contributed by atoms with Crippen LogP contribution in [0.25, 0.3) is 11.0 Å². The maximum Gasteiger partial charge on any atom is 0.251 e. The smallest absolute Gasteiger partial charge is 0.251 e. The predicted molar refractivity (Wildman–Crippen MR) is 157 cm³/mol. The largest absolute Gasteiger partial charge is 0.493 e. The Hall–Kier alpha value is -4.46. The summed E-state index contributed by atoms with van der Waals surface area (Å²) in [5, 5.41) is 3.00. The van der Waals surface area contributed by atoms with Crippen molar-refractivity contribution >= 4 is 16.9 Å². The Morgan fingerprint density at radius 3 is 2.45 bits per heavy atom. The average Bonchev–Trinajstić information content (AvgIpc) is 3.34. The van der Waals surface area contributed by atoms with Gasteiger partial charge >= 0.3 is 0 Å². The number of hydrogen-bond donors (Lipinski definition) is 1. The van der Waals surface area contributed by atoms with Crippen molar-refractivity contribution in [3.63, 3.8) is 0 Å². The van der Waals surface area contributed by atoms with Crippen molar-refractivity contribution in [1.29, 1.82) is 0 Å². The van der Waals surface area contributed by atoms with E-state index in [1.165, 1.54) is 0 Å². The fourth-order valence-corrected chi connectivity index (χ4v) is 4.61. The zero-order valence-electron chi connectivity index (χ0n) is 23.4. The number of amides is 1. The Morgan fingerprint density at radius 1 is 0.925 bits per heavy atom. The number of nitrogens with zero attached hydrogens (tertiary/aromatic N) is 2. The molecule has 3 aromatic carbocycles. The molecule has 1 amide bonds. The van der Waals surface area contributed by atoms with E-state index in [4.69, 9.17) is 23.9 Å². The Kier molecular flexibility index (Phi) is 10.0. The average molecular weight is 544 g/mol. The van der Waals surface area contributed by atoms with E-state index in [-0.39, 0.29) is 5.91 Å². The third-order valence-corrected chi connectivity index (χ3v) is 6.66. The topological polar surface area (TPSA) is 83.8 Å². The van der Waals surface area contributed by atoms with E-state index < -0.39 is 0 Å². The summed E-state index contributed by atoms with van der Waals surface area (Å²) in [6.07, 6.45) is 5.06. The number of aryl methyl sites for hydroxylation is 1. The standard InChI is InChI=1S/C32H37N3O5/c1-5-10-23-13-15-28(29(21-23)38-3)40-20-9-8-19-35-26-12-7-6-11-25(26)34-31(35)17-18-33-32(36)24-14-16-27(37-2)30(22-24)39-4/h5-7,11-16,21-22H,1,8-10,17-20H2,2-4H3,(H,33,36). The number of para-hydroxylation sites is 2. The van der Waals surface area contributed by atoms with Crippen LogP contribution in [0.5, 0.6) is 23.0 Å². The number of hydrogen-bond acceptors (Lipinski definition) is 6. The number of allylic oxidation sites excluding steroid dienone is 1. The van der Waals surface area contributed by atoms with Crippen molar-refractivity contribution < 1.29 is 23.7 Å². The van der Waals surface area contributed by atoms with Crippen molar-refractivity contribution in [2.45, 2.75) is 32.2 Å². The molecule has 4 rings (SSSR count). The second-order valence-electron chi connectivity index (χ2n) is 9.28. The van der Waals surface area contributed by atoms with Gasteiger partial charge in [0, 0.05) is 25.1 Å². The van der Waals surface area contributed by atoms with E-state index in [9.17, 15) is 4.79 Å². The number of benzene rings is 3. The first-order valence-corrected chi connectivity index (χ1v) is 13.4. The van der Waals surface area contributed by atoms with Crippen LogP contribution in [0.1, 0.15) is 34.6 Å². The van der Waals surface area contributed by atoms with Crippen LogP contribution in [0.3, 0.4) is 0 Å². The first-order valence-electron chi connectivity index (χ1n) is 13.4. The van der Waals surface area contributed by atoms with Crippen LogP contribution in [0.4, 0.5) is 0 Å². The number of methoxy groups -OCH3 is 3. The molecule has 1 N–H and O–H groups in total. The minimum absolute atomic E-state index is 0.172. The van der Waals surface area contributed by atoms with Gasteiger partial charge in [-0.05, 0) is 67.3 Å². The highest BCUT2D eigenvalue weighted by Crippen LogP contribution is 2.29. The van der Waals surface area contributed by atoms with Gasteiger partial charge in [-0.2, -0.15) is 0 Å². The van der Waals surface area contributed by atoms with Gasteiger partial charge in [-0.1, -0.05) is 24.3 Å². The number of nitrogens with one attached hydrogen (secondary N) is 1. The van der Waals surface area contributed by atoms with Crippen LogP contribution in [0, 0.1) is 0 Å². The number of carbonyl (C=O) groups is 1. The molecule has 4 aromatic rings. The highest BCUT2D eigenvalue weighted by atomic mass is 16.5. The van der Waals surface area contributed by atoms with E-state index in [1.807, 2.05) is 42.5 Å². The van der Waals surface area contributed by atoms with E-state index in [0.29, 0.717) is 36.6 Å². The molecule has 1 aromatic heterocycles. The van der Waals surface area contributed by atoms with Crippen molar-refractivity contribution in [3.8, 4) is 23.0 Å². The fourth-order valence-electron chi connectivity index (χ4n) is 4.61. The SMILES string of the molecule is C=CCc1ccc(OCCCCn2c(CCNC(=O)c3ccc(OC)c(OC)c3)nc3ccccc32)c(OC)c1.